The van der Waals surface area contributed by atoms with Crippen LogP contribution in [0.4, 0.5) is 5.69 Å². The summed E-state index contributed by atoms with van der Waals surface area (Å²) in [6, 6.07) is 6.64. The molecule has 0 fully saturated rings. The van der Waals surface area contributed by atoms with Crippen molar-refractivity contribution >= 4 is 21.6 Å². The molecule has 2 heteroatoms. The van der Waals surface area contributed by atoms with Crippen LogP contribution in [0.2, 0.25) is 0 Å². The molecule has 1 rings (SSSR count). The lowest BCUT2D eigenvalue weighted by atomic mass is 9.95. The molecule has 0 unspecified atom stereocenters. The maximum absolute atomic E-state index is 3.58. The number of hydrogen-bond donors (Lipinski definition) is 0. The normalized spacial score (nSPS) is 11.6. The monoisotopic (exact) mass is 283 g/mol. The second kappa shape index (κ2) is 5.22. The van der Waals surface area contributed by atoms with Gasteiger partial charge in [0.15, 0.2) is 0 Å². The zero-order chi connectivity index (χ0) is 12.3. The molecule has 0 heterocycles. The molecule has 0 aliphatic carbocycles. The number of nitrogens with zero attached hydrogens (tertiary/aromatic N) is 1. The van der Waals surface area contributed by atoms with Crippen molar-refractivity contribution in [1.29, 1.82) is 0 Å². The average Bonchev–Trinajstić information content (AvgIpc) is 2.16. The Balaban J connectivity index is 2.84. The fraction of sp³-hybridized carbons (Fsp3) is 0.571. The highest BCUT2D eigenvalue weighted by Crippen LogP contribution is 2.25. The van der Waals surface area contributed by atoms with Crippen molar-refractivity contribution < 1.29 is 0 Å². The number of alkyl halides is 1. The summed E-state index contributed by atoms with van der Waals surface area (Å²) in [6.45, 7) is 9.94. The second-order valence-corrected chi connectivity index (χ2v) is 6.00. The third-order valence-electron chi connectivity index (χ3n) is 2.79. The third kappa shape index (κ3) is 3.51. The van der Waals surface area contributed by atoms with Gasteiger partial charge in [0.25, 0.3) is 0 Å². The molecular formula is C14H22BrN. The summed E-state index contributed by atoms with van der Waals surface area (Å²) in [6.07, 6.45) is 0. The Hall–Kier alpha value is -0.500. The fourth-order valence-electron chi connectivity index (χ4n) is 2.00. The first-order valence-electron chi connectivity index (χ1n) is 5.70. The fourth-order valence-corrected chi connectivity index (χ4v) is 2.18. The summed E-state index contributed by atoms with van der Waals surface area (Å²) in [7, 11) is 2.17. The molecule has 0 spiro atoms. The molecule has 16 heavy (non-hydrogen) atoms. The SMILES string of the molecule is Cc1ccc(N(C)CC(C)(C)CBr)c(C)c1. The number of aryl methyl sites for hydroxylation is 2. The van der Waals surface area contributed by atoms with E-state index in [0.29, 0.717) is 5.41 Å². The zero-order valence-electron chi connectivity index (χ0n) is 11.0. The van der Waals surface area contributed by atoms with E-state index in [2.05, 4.69) is 73.8 Å². The molecule has 0 saturated carbocycles. The van der Waals surface area contributed by atoms with Gasteiger partial charge in [-0.2, -0.15) is 0 Å². The van der Waals surface area contributed by atoms with E-state index in [1.54, 1.807) is 0 Å². The van der Waals surface area contributed by atoms with Crippen LogP contribution in [-0.4, -0.2) is 18.9 Å². The maximum Gasteiger partial charge on any atom is 0.0393 e. The van der Waals surface area contributed by atoms with E-state index in [4.69, 9.17) is 0 Å². The van der Waals surface area contributed by atoms with Gasteiger partial charge in [-0.15, -0.1) is 0 Å². The van der Waals surface area contributed by atoms with Crippen LogP contribution in [0.15, 0.2) is 18.2 Å². The highest BCUT2D eigenvalue weighted by Gasteiger charge is 2.19. The van der Waals surface area contributed by atoms with Crippen LogP contribution >= 0.6 is 15.9 Å². The van der Waals surface area contributed by atoms with E-state index in [9.17, 15) is 0 Å². The first-order valence-corrected chi connectivity index (χ1v) is 6.82. The molecule has 0 radical (unpaired) electrons. The van der Waals surface area contributed by atoms with Crippen molar-refractivity contribution in [3.63, 3.8) is 0 Å². The molecule has 0 bridgehead atoms. The molecule has 0 atom stereocenters. The van der Waals surface area contributed by atoms with Crippen molar-refractivity contribution in [3.05, 3.63) is 29.3 Å². The summed E-state index contributed by atoms with van der Waals surface area (Å²) in [5.74, 6) is 0. The van der Waals surface area contributed by atoms with Crippen LogP contribution in [0, 0.1) is 19.3 Å². The number of anilines is 1. The van der Waals surface area contributed by atoms with E-state index in [-0.39, 0.29) is 0 Å². The third-order valence-corrected chi connectivity index (χ3v) is 4.31. The van der Waals surface area contributed by atoms with E-state index in [1.165, 1.54) is 16.8 Å². The first kappa shape index (κ1) is 13.6. The van der Waals surface area contributed by atoms with Crippen LogP contribution in [0.5, 0.6) is 0 Å². The van der Waals surface area contributed by atoms with Gasteiger partial charge in [-0.3, -0.25) is 0 Å². The predicted octanol–water partition coefficient (Wildman–Crippen LogP) is 4.16. The standard InChI is InChI=1S/C14H22BrN/c1-11-6-7-13(12(2)8-11)16(5)10-14(3,4)9-15/h6-8H,9-10H2,1-5H3. The van der Waals surface area contributed by atoms with E-state index in [1.807, 2.05) is 0 Å². The minimum atomic E-state index is 0.298. The summed E-state index contributed by atoms with van der Waals surface area (Å²) < 4.78 is 0. The zero-order valence-corrected chi connectivity index (χ0v) is 12.6. The highest BCUT2D eigenvalue weighted by atomic mass is 79.9. The van der Waals surface area contributed by atoms with Gasteiger partial charge < -0.3 is 4.90 Å². The highest BCUT2D eigenvalue weighted by molar-refractivity contribution is 9.09. The summed E-state index contributed by atoms with van der Waals surface area (Å²) in [5.41, 5.74) is 4.31. The van der Waals surface area contributed by atoms with Gasteiger partial charge >= 0.3 is 0 Å². The lowest BCUT2D eigenvalue weighted by molar-refractivity contribution is 0.432. The van der Waals surface area contributed by atoms with Gasteiger partial charge in [0, 0.05) is 24.6 Å². The molecule has 1 aromatic rings. The van der Waals surface area contributed by atoms with Gasteiger partial charge in [0.1, 0.15) is 0 Å². The number of halogens is 1. The van der Waals surface area contributed by atoms with E-state index in [0.717, 1.165) is 11.9 Å². The molecule has 1 nitrogen and oxygen atoms in total. The van der Waals surface area contributed by atoms with E-state index < -0.39 is 0 Å². The lowest BCUT2D eigenvalue weighted by Crippen LogP contribution is -2.32. The van der Waals surface area contributed by atoms with Gasteiger partial charge in [0.05, 0.1) is 0 Å². The summed E-state index contributed by atoms with van der Waals surface area (Å²) in [5, 5.41) is 1.02. The van der Waals surface area contributed by atoms with Crippen molar-refractivity contribution in [2.45, 2.75) is 27.7 Å². The summed E-state index contributed by atoms with van der Waals surface area (Å²) >= 11 is 3.58. The molecule has 1 aromatic carbocycles. The Bertz CT molecular complexity index is 358. The number of rotatable bonds is 4. The lowest BCUT2D eigenvalue weighted by Gasteiger charge is -2.31. The molecule has 0 aromatic heterocycles. The molecule has 0 saturated heterocycles. The smallest absolute Gasteiger partial charge is 0.0393 e. The average molecular weight is 284 g/mol. The largest absolute Gasteiger partial charge is 0.374 e. The minimum Gasteiger partial charge on any atom is -0.374 e. The number of benzene rings is 1. The Morgan fingerprint density at radius 2 is 1.88 bits per heavy atom. The Morgan fingerprint density at radius 3 is 2.38 bits per heavy atom. The molecule has 0 aliphatic rings. The van der Waals surface area contributed by atoms with Gasteiger partial charge in [-0.1, -0.05) is 47.5 Å². The minimum absolute atomic E-state index is 0.298. The Morgan fingerprint density at radius 1 is 1.25 bits per heavy atom. The molecular weight excluding hydrogens is 262 g/mol. The Kier molecular flexibility index (Phi) is 4.43. The van der Waals surface area contributed by atoms with Crippen LogP contribution in [0.25, 0.3) is 0 Å². The second-order valence-electron chi connectivity index (χ2n) is 5.44. The van der Waals surface area contributed by atoms with Crippen LogP contribution in [-0.2, 0) is 0 Å². The molecule has 0 amide bonds. The molecule has 0 aliphatic heterocycles. The van der Waals surface area contributed by atoms with Crippen LogP contribution in [0.1, 0.15) is 25.0 Å². The van der Waals surface area contributed by atoms with Gasteiger partial charge in [0.2, 0.25) is 0 Å². The van der Waals surface area contributed by atoms with Crippen LogP contribution in [0.3, 0.4) is 0 Å². The van der Waals surface area contributed by atoms with Crippen molar-refractivity contribution in [2.24, 2.45) is 5.41 Å². The topological polar surface area (TPSA) is 3.24 Å². The Labute approximate surface area is 108 Å². The number of hydrogen-bond acceptors (Lipinski definition) is 1. The predicted molar refractivity (Wildman–Crippen MR) is 76.8 cm³/mol. The van der Waals surface area contributed by atoms with Gasteiger partial charge in [-0.25, -0.2) is 0 Å². The molecule has 0 N–H and O–H groups in total. The van der Waals surface area contributed by atoms with E-state index >= 15 is 0 Å². The van der Waals surface area contributed by atoms with Crippen LogP contribution < -0.4 is 4.90 Å². The molecule has 90 valence electrons. The van der Waals surface area contributed by atoms with Gasteiger partial charge in [-0.05, 0) is 30.9 Å². The summed E-state index contributed by atoms with van der Waals surface area (Å²) in [4.78, 5) is 2.34. The maximum atomic E-state index is 3.58. The van der Waals surface area contributed by atoms with Crippen molar-refractivity contribution in [1.82, 2.24) is 0 Å². The van der Waals surface area contributed by atoms with Crippen molar-refractivity contribution in [2.75, 3.05) is 23.8 Å². The first-order chi connectivity index (χ1) is 7.35. The quantitative estimate of drug-likeness (QED) is 0.750. The van der Waals surface area contributed by atoms with Crippen molar-refractivity contribution in [3.8, 4) is 0 Å².